The lowest BCUT2D eigenvalue weighted by molar-refractivity contribution is -0.126. The van der Waals surface area contributed by atoms with Crippen LogP contribution in [0.1, 0.15) is 63.8 Å². The number of carbonyl (C=O) groups excluding carboxylic acids is 2. The molecule has 2 unspecified atom stereocenters. The molecule has 0 saturated carbocycles. The fourth-order valence-electron chi connectivity index (χ4n) is 4.68. The number of methoxy groups -OCH3 is 1. The number of aryl methyl sites for hydroxylation is 1. The summed E-state index contributed by atoms with van der Waals surface area (Å²) in [6.45, 7) is 5.25. The van der Waals surface area contributed by atoms with Crippen LogP contribution in [-0.4, -0.2) is 31.2 Å². The molecule has 0 bridgehead atoms. The van der Waals surface area contributed by atoms with Gasteiger partial charge in [0.05, 0.1) is 25.6 Å². The van der Waals surface area contributed by atoms with E-state index in [2.05, 4.69) is 6.92 Å². The Bertz CT molecular complexity index is 1280. The Hall–Kier alpha value is -3.45. The smallest absolute Gasteiger partial charge is 0.190 e. The number of thioether (sulfide) groups is 1. The van der Waals surface area contributed by atoms with E-state index in [0.717, 1.165) is 77.3 Å². The highest BCUT2D eigenvalue weighted by Gasteiger charge is 2.36. The SMILES string of the molecule is CCCc1cc(Oc2ccc(OC)cc2)ccc1OCCCCOc1cccc(C2SC(=O)CC(CC)C2=O)c1.[HH]. The van der Waals surface area contributed by atoms with Crippen LogP contribution in [0.2, 0.25) is 0 Å². The molecule has 4 rings (SSSR count). The third-order valence-electron chi connectivity index (χ3n) is 6.89. The summed E-state index contributed by atoms with van der Waals surface area (Å²) in [5.41, 5.74) is 1.96. The molecule has 0 aromatic heterocycles. The van der Waals surface area contributed by atoms with E-state index in [-0.39, 0.29) is 18.2 Å². The molecule has 3 aromatic rings. The summed E-state index contributed by atoms with van der Waals surface area (Å²) in [6.07, 6.45) is 4.63. The normalized spacial score (nSPS) is 17.0. The van der Waals surface area contributed by atoms with Crippen molar-refractivity contribution in [1.82, 2.24) is 0 Å². The Labute approximate surface area is 242 Å². The maximum absolute atomic E-state index is 12.8. The van der Waals surface area contributed by atoms with Crippen LogP contribution in [0.25, 0.3) is 0 Å². The molecule has 0 spiro atoms. The number of hydrogen-bond donors (Lipinski definition) is 0. The first-order valence-corrected chi connectivity index (χ1v) is 14.9. The lowest BCUT2D eigenvalue weighted by atomic mass is 9.92. The third kappa shape index (κ3) is 8.04. The maximum atomic E-state index is 12.8. The van der Waals surface area contributed by atoms with Gasteiger partial charge in [-0.3, -0.25) is 9.59 Å². The summed E-state index contributed by atoms with van der Waals surface area (Å²) in [4.78, 5) is 25.0. The Balaban J connectivity index is 0.00000462. The quantitative estimate of drug-likeness (QED) is 0.183. The minimum Gasteiger partial charge on any atom is -0.497 e. The third-order valence-corrected chi connectivity index (χ3v) is 8.06. The number of rotatable bonds is 14. The van der Waals surface area contributed by atoms with E-state index < -0.39 is 5.25 Å². The monoisotopic (exact) mass is 564 g/mol. The molecule has 214 valence electrons. The maximum Gasteiger partial charge on any atom is 0.190 e. The molecule has 1 heterocycles. The van der Waals surface area contributed by atoms with Gasteiger partial charge in [0.1, 0.15) is 28.7 Å². The van der Waals surface area contributed by atoms with Crippen molar-refractivity contribution in [2.24, 2.45) is 5.92 Å². The van der Waals surface area contributed by atoms with E-state index in [4.69, 9.17) is 18.9 Å². The number of hydrogen-bond acceptors (Lipinski definition) is 7. The number of carbonyl (C=O) groups is 2. The molecule has 0 radical (unpaired) electrons. The fraction of sp³-hybridized carbons (Fsp3) is 0.394. The van der Waals surface area contributed by atoms with Gasteiger partial charge in [-0.1, -0.05) is 44.2 Å². The van der Waals surface area contributed by atoms with Gasteiger partial charge in [-0.05, 0) is 91.4 Å². The zero-order valence-electron chi connectivity index (χ0n) is 23.5. The molecule has 40 heavy (non-hydrogen) atoms. The molecular formula is C33H40O6S. The van der Waals surface area contributed by atoms with Crippen LogP contribution in [0.5, 0.6) is 28.7 Å². The van der Waals surface area contributed by atoms with Crippen LogP contribution < -0.4 is 18.9 Å². The minimum atomic E-state index is -0.437. The molecule has 0 N–H and O–H groups in total. The highest BCUT2D eigenvalue weighted by atomic mass is 32.2. The Morgan fingerprint density at radius 2 is 1.57 bits per heavy atom. The van der Waals surface area contributed by atoms with Crippen LogP contribution in [-0.2, 0) is 16.0 Å². The van der Waals surface area contributed by atoms with Crippen LogP contribution in [0, 0.1) is 5.92 Å². The summed E-state index contributed by atoms with van der Waals surface area (Å²) >= 11 is 1.14. The first kappa shape index (κ1) is 29.5. The summed E-state index contributed by atoms with van der Waals surface area (Å²) in [5.74, 6) is 3.88. The number of unbranched alkanes of at least 4 members (excludes halogenated alkanes) is 1. The highest BCUT2D eigenvalue weighted by Crippen LogP contribution is 2.41. The molecule has 1 saturated heterocycles. The Kier molecular flexibility index (Phi) is 10.9. The van der Waals surface area contributed by atoms with E-state index >= 15 is 0 Å². The first-order chi connectivity index (χ1) is 19.5. The summed E-state index contributed by atoms with van der Waals surface area (Å²) in [7, 11) is 1.64. The van der Waals surface area contributed by atoms with Gasteiger partial charge < -0.3 is 18.9 Å². The summed E-state index contributed by atoms with van der Waals surface area (Å²) < 4.78 is 23.3. The van der Waals surface area contributed by atoms with Gasteiger partial charge in [0.25, 0.3) is 0 Å². The molecule has 0 amide bonds. The average molecular weight is 565 g/mol. The van der Waals surface area contributed by atoms with Crippen molar-refractivity contribution in [1.29, 1.82) is 0 Å². The second-order valence-electron chi connectivity index (χ2n) is 9.86. The topological polar surface area (TPSA) is 71.1 Å². The Morgan fingerprint density at radius 1 is 0.850 bits per heavy atom. The van der Waals surface area contributed by atoms with Gasteiger partial charge in [0.15, 0.2) is 10.9 Å². The van der Waals surface area contributed by atoms with Crippen LogP contribution in [0.4, 0.5) is 0 Å². The van der Waals surface area contributed by atoms with Crippen molar-refractivity contribution in [3.8, 4) is 28.7 Å². The van der Waals surface area contributed by atoms with E-state index in [1.165, 1.54) is 0 Å². The van der Waals surface area contributed by atoms with Gasteiger partial charge in [0, 0.05) is 13.8 Å². The molecule has 6 nitrogen and oxygen atoms in total. The highest BCUT2D eigenvalue weighted by molar-refractivity contribution is 8.14. The predicted octanol–water partition coefficient (Wildman–Crippen LogP) is 8.22. The van der Waals surface area contributed by atoms with Crippen molar-refractivity contribution < 1.29 is 30.0 Å². The summed E-state index contributed by atoms with van der Waals surface area (Å²) in [5, 5.41) is -0.349. The largest absolute Gasteiger partial charge is 0.497 e. The zero-order chi connectivity index (χ0) is 28.3. The molecule has 3 aromatic carbocycles. The van der Waals surface area contributed by atoms with Crippen LogP contribution >= 0.6 is 11.8 Å². The molecule has 1 aliphatic rings. The fourth-order valence-corrected chi connectivity index (χ4v) is 5.83. The minimum absolute atomic E-state index is 0. The zero-order valence-corrected chi connectivity index (χ0v) is 24.3. The Morgan fingerprint density at radius 3 is 2.30 bits per heavy atom. The summed E-state index contributed by atoms with van der Waals surface area (Å²) in [6, 6.07) is 21.1. The lowest BCUT2D eigenvalue weighted by Crippen LogP contribution is -2.27. The number of ether oxygens (including phenoxy) is 4. The lowest BCUT2D eigenvalue weighted by Gasteiger charge is -2.26. The van der Waals surface area contributed by atoms with E-state index in [1.807, 2.05) is 73.7 Å². The molecule has 0 aliphatic carbocycles. The van der Waals surface area contributed by atoms with Gasteiger partial charge in [-0.25, -0.2) is 0 Å². The molecular weight excluding hydrogens is 524 g/mol. The van der Waals surface area contributed by atoms with Crippen molar-refractivity contribution in [3.05, 3.63) is 77.9 Å². The van der Waals surface area contributed by atoms with Crippen molar-refractivity contribution in [2.45, 2.75) is 57.6 Å². The molecule has 1 fully saturated rings. The van der Waals surface area contributed by atoms with Crippen molar-refractivity contribution in [2.75, 3.05) is 20.3 Å². The van der Waals surface area contributed by atoms with E-state index in [1.54, 1.807) is 7.11 Å². The van der Waals surface area contributed by atoms with Crippen LogP contribution in [0.3, 0.4) is 0 Å². The number of benzene rings is 3. The van der Waals surface area contributed by atoms with Gasteiger partial charge >= 0.3 is 0 Å². The van der Waals surface area contributed by atoms with E-state index in [0.29, 0.717) is 26.1 Å². The van der Waals surface area contributed by atoms with Crippen LogP contribution in [0.15, 0.2) is 66.7 Å². The standard InChI is InChI=1S/C33H38O6S.H2/c1-4-9-24-20-29(39-27-14-12-26(36-3)13-15-27)16-17-30(24)38-19-7-6-18-37-28-11-8-10-25(21-28)33-32(35)23(5-2)22-31(34)40-33;/h8,10-17,20-21,23,33H,4-7,9,18-19,22H2,1-3H3;1H. The van der Waals surface area contributed by atoms with Crippen molar-refractivity contribution >= 4 is 22.7 Å². The average Bonchev–Trinajstić information content (AvgIpc) is 2.97. The van der Waals surface area contributed by atoms with E-state index in [9.17, 15) is 9.59 Å². The first-order valence-electron chi connectivity index (χ1n) is 14.0. The molecule has 2 atom stereocenters. The number of Topliss-reactive ketones (excluding diaryl/α,β-unsaturated/α-hetero) is 1. The number of ketones is 1. The predicted molar refractivity (Wildman–Crippen MR) is 161 cm³/mol. The molecule has 1 aliphatic heterocycles. The van der Waals surface area contributed by atoms with Crippen molar-refractivity contribution in [3.63, 3.8) is 0 Å². The second kappa shape index (κ2) is 14.8. The second-order valence-corrected chi connectivity index (χ2v) is 11.0. The van der Waals surface area contributed by atoms with Gasteiger partial charge in [-0.2, -0.15) is 0 Å². The molecule has 7 heteroatoms. The van der Waals surface area contributed by atoms with Gasteiger partial charge in [-0.15, -0.1) is 0 Å². The van der Waals surface area contributed by atoms with Gasteiger partial charge in [0.2, 0.25) is 0 Å².